The van der Waals surface area contributed by atoms with E-state index in [4.69, 9.17) is 0 Å². The van der Waals surface area contributed by atoms with Crippen molar-refractivity contribution in [3.8, 4) is 0 Å². The molecule has 1 N–H and O–H groups in total. The van der Waals surface area contributed by atoms with E-state index >= 15 is 0 Å². The van der Waals surface area contributed by atoms with Crippen molar-refractivity contribution >= 4 is 0 Å². The van der Waals surface area contributed by atoms with Crippen LogP contribution in [0.5, 0.6) is 0 Å². The van der Waals surface area contributed by atoms with Crippen molar-refractivity contribution in [2.24, 2.45) is 0 Å². The molecule has 1 fully saturated rings. The number of nitrogens with zero attached hydrogens (tertiary/aromatic N) is 1. The van der Waals surface area contributed by atoms with E-state index in [0.29, 0.717) is 0 Å². The van der Waals surface area contributed by atoms with Crippen LogP contribution in [0.15, 0.2) is 0 Å². The molecule has 2 nitrogen and oxygen atoms in total. The van der Waals surface area contributed by atoms with Crippen LogP contribution in [0.4, 0.5) is 0 Å². The lowest BCUT2D eigenvalue weighted by atomic mass is 10.2. The van der Waals surface area contributed by atoms with E-state index in [1.807, 2.05) is 7.05 Å². The van der Waals surface area contributed by atoms with Gasteiger partial charge < -0.3 is 0 Å². The van der Waals surface area contributed by atoms with Gasteiger partial charge in [-0.15, -0.1) is 0 Å². The zero-order chi connectivity index (χ0) is 5.82. The van der Waals surface area contributed by atoms with Crippen molar-refractivity contribution in [3.63, 3.8) is 0 Å². The van der Waals surface area contributed by atoms with Crippen LogP contribution in [-0.4, -0.2) is 25.1 Å². The summed E-state index contributed by atoms with van der Waals surface area (Å²) in [4.78, 5) is 0. The summed E-state index contributed by atoms with van der Waals surface area (Å²) in [5.74, 6) is 0. The molecular weight excluding hydrogens is 100 g/mol. The summed E-state index contributed by atoms with van der Waals surface area (Å²) >= 11 is 0. The fourth-order valence-corrected chi connectivity index (χ4v) is 0.974. The maximum Gasteiger partial charge on any atom is 0.0133 e. The Morgan fingerprint density at radius 2 is 2.00 bits per heavy atom. The summed E-state index contributed by atoms with van der Waals surface area (Å²) in [7, 11) is 1.98. The average molecular weight is 113 g/mol. The maximum absolute atomic E-state index is 3.12. The molecule has 2 heteroatoms. The van der Waals surface area contributed by atoms with Gasteiger partial charge in [0.25, 0.3) is 0 Å². The zero-order valence-corrected chi connectivity index (χ0v) is 5.35. The third-order valence-corrected chi connectivity index (χ3v) is 1.52. The summed E-state index contributed by atoms with van der Waals surface area (Å²) in [6.07, 6.45) is 4.81. The zero-order valence-electron chi connectivity index (χ0n) is 5.35. The van der Waals surface area contributed by atoms with E-state index in [9.17, 15) is 0 Å². The molecule has 0 aliphatic carbocycles. The molecule has 1 aliphatic heterocycles. The van der Waals surface area contributed by atoms with Crippen LogP contribution >= 0.6 is 0 Å². The molecular formula is C6H13N2. The lowest BCUT2D eigenvalue weighted by Crippen LogP contribution is -2.39. The van der Waals surface area contributed by atoms with E-state index in [2.05, 4.69) is 16.9 Å². The molecule has 0 aromatic carbocycles. The molecule has 1 aliphatic rings. The van der Waals surface area contributed by atoms with Crippen LogP contribution in [0.25, 0.3) is 0 Å². The second-order valence-corrected chi connectivity index (χ2v) is 2.08. The molecule has 0 aromatic heterocycles. The van der Waals surface area contributed by atoms with Crippen molar-refractivity contribution in [2.75, 3.05) is 20.1 Å². The highest BCUT2D eigenvalue weighted by Crippen LogP contribution is 2.03. The number of hydrogen-bond acceptors (Lipinski definition) is 2. The van der Waals surface area contributed by atoms with E-state index in [-0.39, 0.29) is 0 Å². The van der Waals surface area contributed by atoms with Gasteiger partial charge in [-0.3, -0.25) is 5.43 Å². The van der Waals surface area contributed by atoms with Gasteiger partial charge in [-0.05, 0) is 26.3 Å². The molecule has 0 amide bonds. The molecule has 0 spiro atoms. The number of hydrogen-bond donors (Lipinski definition) is 1. The molecule has 1 saturated heterocycles. The minimum atomic E-state index is 1.18. The fraction of sp³-hybridized carbons (Fsp3) is 0.833. The SMILES string of the molecule is CNN1CC[CH]CC1. The number of hydrazine groups is 1. The molecule has 8 heavy (non-hydrogen) atoms. The van der Waals surface area contributed by atoms with Gasteiger partial charge in [0, 0.05) is 13.1 Å². The monoisotopic (exact) mass is 113 g/mol. The Balaban J connectivity index is 2.13. The smallest absolute Gasteiger partial charge is 0.0133 e. The van der Waals surface area contributed by atoms with Gasteiger partial charge in [-0.25, -0.2) is 5.01 Å². The fourth-order valence-electron chi connectivity index (χ4n) is 0.974. The van der Waals surface area contributed by atoms with Crippen LogP contribution in [0.2, 0.25) is 0 Å². The van der Waals surface area contributed by atoms with Crippen LogP contribution < -0.4 is 5.43 Å². The Morgan fingerprint density at radius 1 is 1.38 bits per heavy atom. The standard InChI is InChI=1S/C6H13N2/c1-7-8-5-3-2-4-6-8/h2,7H,3-6H2,1H3. The first-order valence-corrected chi connectivity index (χ1v) is 3.17. The molecule has 47 valence electrons. The Labute approximate surface area is 50.8 Å². The molecule has 1 rings (SSSR count). The highest BCUT2D eigenvalue weighted by Gasteiger charge is 2.05. The van der Waals surface area contributed by atoms with Gasteiger partial charge >= 0.3 is 0 Å². The van der Waals surface area contributed by atoms with E-state index in [1.54, 1.807) is 0 Å². The summed E-state index contributed by atoms with van der Waals surface area (Å²) in [5.41, 5.74) is 3.12. The van der Waals surface area contributed by atoms with E-state index in [1.165, 1.54) is 25.9 Å². The van der Waals surface area contributed by atoms with Gasteiger partial charge in [0.2, 0.25) is 0 Å². The summed E-state index contributed by atoms with van der Waals surface area (Å²) in [6.45, 7) is 2.35. The lowest BCUT2D eigenvalue weighted by molar-refractivity contribution is 0.191. The van der Waals surface area contributed by atoms with Gasteiger partial charge in [0.15, 0.2) is 0 Å². The van der Waals surface area contributed by atoms with Gasteiger partial charge in [0.1, 0.15) is 0 Å². The number of nitrogens with one attached hydrogen (secondary N) is 1. The average Bonchev–Trinajstić information content (AvgIpc) is 1.90. The first-order valence-electron chi connectivity index (χ1n) is 3.17. The number of rotatable bonds is 1. The molecule has 0 aromatic rings. The van der Waals surface area contributed by atoms with E-state index in [0.717, 1.165) is 0 Å². The highest BCUT2D eigenvalue weighted by atomic mass is 15.5. The molecule has 1 heterocycles. The predicted octanol–water partition coefficient (Wildman–Crippen LogP) is 0.421. The summed E-state index contributed by atoms with van der Waals surface area (Å²) in [5, 5.41) is 2.24. The predicted molar refractivity (Wildman–Crippen MR) is 34.2 cm³/mol. The van der Waals surface area contributed by atoms with Crippen molar-refractivity contribution < 1.29 is 0 Å². The third-order valence-electron chi connectivity index (χ3n) is 1.52. The maximum atomic E-state index is 3.12. The second-order valence-electron chi connectivity index (χ2n) is 2.08. The Hall–Kier alpha value is -0.0800. The van der Waals surface area contributed by atoms with Gasteiger partial charge in [-0.2, -0.15) is 0 Å². The third kappa shape index (κ3) is 1.46. The number of piperidine rings is 1. The Bertz CT molecular complexity index is 57.5. The van der Waals surface area contributed by atoms with Gasteiger partial charge in [0.05, 0.1) is 0 Å². The first kappa shape index (κ1) is 6.05. The van der Waals surface area contributed by atoms with E-state index < -0.39 is 0 Å². The minimum absolute atomic E-state index is 1.18. The molecule has 1 radical (unpaired) electrons. The first-order chi connectivity index (χ1) is 3.93. The summed E-state index contributed by atoms with van der Waals surface area (Å²) in [6, 6.07) is 0. The van der Waals surface area contributed by atoms with Crippen molar-refractivity contribution in [3.05, 3.63) is 6.42 Å². The van der Waals surface area contributed by atoms with Gasteiger partial charge in [-0.1, -0.05) is 0 Å². The minimum Gasteiger partial charge on any atom is -0.258 e. The lowest BCUT2D eigenvalue weighted by Gasteiger charge is -2.24. The largest absolute Gasteiger partial charge is 0.258 e. The van der Waals surface area contributed by atoms with Crippen LogP contribution in [0.3, 0.4) is 0 Å². The Morgan fingerprint density at radius 3 is 2.38 bits per heavy atom. The molecule has 0 unspecified atom stereocenters. The quantitative estimate of drug-likeness (QED) is 0.530. The van der Waals surface area contributed by atoms with Crippen molar-refractivity contribution in [1.29, 1.82) is 0 Å². The highest BCUT2D eigenvalue weighted by molar-refractivity contribution is 4.73. The van der Waals surface area contributed by atoms with Crippen LogP contribution in [0.1, 0.15) is 12.8 Å². The second kappa shape index (κ2) is 3.05. The van der Waals surface area contributed by atoms with Crippen molar-refractivity contribution in [1.82, 2.24) is 10.4 Å². The normalized spacial score (nSPS) is 23.6. The van der Waals surface area contributed by atoms with Crippen LogP contribution in [0, 0.1) is 6.42 Å². The molecule has 0 atom stereocenters. The van der Waals surface area contributed by atoms with Crippen molar-refractivity contribution in [2.45, 2.75) is 12.8 Å². The summed E-state index contributed by atoms with van der Waals surface area (Å²) < 4.78 is 0. The molecule has 0 bridgehead atoms. The molecule has 0 saturated carbocycles. The Kier molecular flexibility index (Phi) is 2.30. The van der Waals surface area contributed by atoms with Crippen LogP contribution in [-0.2, 0) is 0 Å². The topological polar surface area (TPSA) is 15.3 Å².